The van der Waals surface area contributed by atoms with Crippen LogP contribution in [-0.4, -0.2) is 25.7 Å². The molecule has 0 spiro atoms. The molecule has 0 saturated heterocycles. The van der Waals surface area contributed by atoms with Crippen molar-refractivity contribution >= 4 is 28.8 Å². The van der Waals surface area contributed by atoms with Gasteiger partial charge in [0.05, 0.1) is 15.8 Å². The summed E-state index contributed by atoms with van der Waals surface area (Å²) in [5.74, 6) is -0.105. The second-order valence-electron chi connectivity index (χ2n) is 2.93. The Morgan fingerprint density at radius 1 is 1.71 bits per heavy atom. The zero-order valence-corrected chi connectivity index (χ0v) is 9.61. The molecule has 0 aromatic carbocycles. The van der Waals surface area contributed by atoms with Crippen molar-refractivity contribution in [2.24, 2.45) is 0 Å². The van der Waals surface area contributed by atoms with Crippen molar-refractivity contribution in [1.82, 2.24) is 5.32 Å². The first-order chi connectivity index (χ1) is 6.63. The molecule has 0 radical (unpaired) electrons. The Morgan fingerprint density at radius 2 is 2.43 bits per heavy atom. The summed E-state index contributed by atoms with van der Waals surface area (Å²) in [7, 11) is 1.60. The minimum absolute atomic E-state index is 0.00776. The number of thiophene rings is 1. The monoisotopic (exact) mass is 233 g/mol. The van der Waals surface area contributed by atoms with Crippen LogP contribution < -0.4 is 5.32 Å². The molecule has 1 rings (SSSR count). The van der Waals surface area contributed by atoms with Gasteiger partial charge in [0.1, 0.15) is 0 Å². The van der Waals surface area contributed by atoms with Crippen LogP contribution >= 0.6 is 22.9 Å². The minimum atomic E-state index is -0.105. The quantitative estimate of drug-likeness (QED) is 0.866. The Bertz CT molecular complexity index is 314. The molecule has 0 aliphatic carbocycles. The Balaban J connectivity index is 2.50. The largest absolute Gasteiger partial charge is 0.383 e. The third-order valence-corrected chi connectivity index (χ3v) is 2.82. The van der Waals surface area contributed by atoms with E-state index in [9.17, 15) is 4.79 Å². The van der Waals surface area contributed by atoms with Gasteiger partial charge in [-0.25, -0.2) is 0 Å². The topological polar surface area (TPSA) is 38.3 Å². The third-order valence-electron chi connectivity index (χ3n) is 1.59. The van der Waals surface area contributed by atoms with Gasteiger partial charge in [-0.15, -0.1) is 11.3 Å². The number of ether oxygens (including phenoxy) is 1. The first kappa shape index (κ1) is 11.5. The lowest BCUT2D eigenvalue weighted by Crippen LogP contribution is -2.35. The van der Waals surface area contributed by atoms with Crippen LogP contribution in [-0.2, 0) is 4.74 Å². The van der Waals surface area contributed by atoms with E-state index >= 15 is 0 Å². The predicted octanol–water partition coefficient (Wildman–Crippen LogP) is 2.17. The molecule has 0 saturated carbocycles. The molecule has 3 nitrogen and oxygen atoms in total. The van der Waals surface area contributed by atoms with Gasteiger partial charge in [0.25, 0.3) is 5.91 Å². The molecule has 1 heterocycles. The van der Waals surface area contributed by atoms with Crippen molar-refractivity contribution in [1.29, 1.82) is 0 Å². The predicted molar refractivity (Wildman–Crippen MR) is 58.1 cm³/mol. The van der Waals surface area contributed by atoms with Gasteiger partial charge in [0.2, 0.25) is 0 Å². The third kappa shape index (κ3) is 3.29. The first-order valence-electron chi connectivity index (χ1n) is 4.18. The molecular formula is C9H12ClNO2S. The molecule has 5 heteroatoms. The Kier molecular flexibility index (Phi) is 4.38. The number of rotatable bonds is 4. The molecule has 1 aromatic heterocycles. The molecule has 1 amide bonds. The zero-order valence-electron chi connectivity index (χ0n) is 8.04. The SMILES string of the molecule is COC[C@H](C)NC(=O)c1ccc(Cl)s1. The van der Waals surface area contributed by atoms with Gasteiger partial charge in [-0.05, 0) is 19.1 Å². The molecule has 0 aliphatic rings. The van der Waals surface area contributed by atoms with Gasteiger partial charge in [-0.2, -0.15) is 0 Å². The van der Waals surface area contributed by atoms with Crippen LogP contribution in [0.2, 0.25) is 4.34 Å². The van der Waals surface area contributed by atoms with Crippen molar-refractivity contribution in [3.05, 3.63) is 21.3 Å². The standard InChI is InChI=1S/C9H12ClNO2S/c1-6(5-13-2)11-9(12)7-3-4-8(10)14-7/h3-4,6H,5H2,1-2H3,(H,11,12)/t6-/m0/s1. The van der Waals surface area contributed by atoms with Gasteiger partial charge >= 0.3 is 0 Å². The maximum atomic E-state index is 11.5. The number of methoxy groups -OCH3 is 1. The second-order valence-corrected chi connectivity index (χ2v) is 4.65. The van der Waals surface area contributed by atoms with Crippen LogP contribution in [0, 0.1) is 0 Å². The molecule has 78 valence electrons. The van der Waals surface area contributed by atoms with E-state index in [-0.39, 0.29) is 11.9 Å². The number of hydrogen-bond donors (Lipinski definition) is 1. The van der Waals surface area contributed by atoms with Crippen LogP contribution in [0.3, 0.4) is 0 Å². The fourth-order valence-electron chi connectivity index (χ4n) is 1.02. The van der Waals surface area contributed by atoms with E-state index in [0.717, 1.165) is 0 Å². The van der Waals surface area contributed by atoms with E-state index in [4.69, 9.17) is 16.3 Å². The van der Waals surface area contributed by atoms with Crippen molar-refractivity contribution in [2.75, 3.05) is 13.7 Å². The van der Waals surface area contributed by atoms with Crippen LogP contribution in [0.5, 0.6) is 0 Å². The van der Waals surface area contributed by atoms with E-state index in [1.165, 1.54) is 11.3 Å². The summed E-state index contributed by atoms with van der Waals surface area (Å²) in [5, 5.41) is 2.80. The van der Waals surface area contributed by atoms with E-state index in [2.05, 4.69) is 5.32 Å². The van der Waals surface area contributed by atoms with Gasteiger partial charge in [-0.1, -0.05) is 11.6 Å². The molecule has 1 aromatic rings. The molecule has 0 fully saturated rings. The Labute approximate surface area is 92.0 Å². The Morgan fingerprint density at radius 3 is 2.93 bits per heavy atom. The lowest BCUT2D eigenvalue weighted by molar-refractivity contribution is 0.0909. The number of amides is 1. The summed E-state index contributed by atoms with van der Waals surface area (Å²) in [5.41, 5.74) is 0. The van der Waals surface area contributed by atoms with E-state index < -0.39 is 0 Å². The first-order valence-corrected chi connectivity index (χ1v) is 5.38. The maximum absolute atomic E-state index is 11.5. The highest BCUT2D eigenvalue weighted by atomic mass is 35.5. The van der Waals surface area contributed by atoms with Crippen LogP contribution in [0.25, 0.3) is 0 Å². The molecule has 1 atom stereocenters. The highest BCUT2D eigenvalue weighted by Crippen LogP contribution is 2.21. The molecule has 0 aliphatic heterocycles. The summed E-state index contributed by atoms with van der Waals surface area (Å²) in [6.45, 7) is 2.39. The average Bonchev–Trinajstić information content (AvgIpc) is 2.52. The molecular weight excluding hydrogens is 222 g/mol. The number of halogens is 1. The van der Waals surface area contributed by atoms with E-state index in [1.54, 1.807) is 19.2 Å². The Hall–Kier alpha value is -0.580. The fourth-order valence-corrected chi connectivity index (χ4v) is 1.97. The van der Waals surface area contributed by atoms with Crippen LogP contribution in [0.4, 0.5) is 0 Å². The highest BCUT2D eigenvalue weighted by molar-refractivity contribution is 7.17. The normalized spacial score (nSPS) is 12.5. The molecule has 0 bridgehead atoms. The second kappa shape index (κ2) is 5.34. The van der Waals surface area contributed by atoms with Crippen molar-refractivity contribution in [3.63, 3.8) is 0 Å². The highest BCUT2D eigenvalue weighted by Gasteiger charge is 2.11. The van der Waals surface area contributed by atoms with E-state index in [0.29, 0.717) is 15.8 Å². The van der Waals surface area contributed by atoms with Gasteiger partial charge in [-0.3, -0.25) is 4.79 Å². The molecule has 14 heavy (non-hydrogen) atoms. The fraction of sp³-hybridized carbons (Fsp3) is 0.444. The average molecular weight is 234 g/mol. The zero-order chi connectivity index (χ0) is 10.6. The minimum Gasteiger partial charge on any atom is -0.383 e. The smallest absolute Gasteiger partial charge is 0.261 e. The van der Waals surface area contributed by atoms with Gasteiger partial charge < -0.3 is 10.1 Å². The van der Waals surface area contributed by atoms with Crippen LogP contribution in [0.1, 0.15) is 16.6 Å². The summed E-state index contributed by atoms with van der Waals surface area (Å²) in [4.78, 5) is 12.2. The van der Waals surface area contributed by atoms with Crippen molar-refractivity contribution in [2.45, 2.75) is 13.0 Å². The molecule has 0 unspecified atom stereocenters. The molecule has 1 N–H and O–H groups in total. The van der Waals surface area contributed by atoms with Gasteiger partial charge in [0.15, 0.2) is 0 Å². The van der Waals surface area contributed by atoms with Crippen molar-refractivity contribution in [3.8, 4) is 0 Å². The summed E-state index contributed by atoms with van der Waals surface area (Å²) in [6.07, 6.45) is 0. The van der Waals surface area contributed by atoms with Crippen molar-refractivity contribution < 1.29 is 9.53 Å². The lowest BCUT2D eigenvalue weighted by atomic mass is 10.3. The summed E-state index contributed by atoms with van der Waals surface area (Å²) in [6, 6.07) is 3.43. The number of carbonyl (C=O) groups excluding carboxylic acids is 1. The number of hydrogen-bond acceptors (Lipinski definition) is 3. The number of nitrogens with one attached hydrogen (secondary N) is 1. The summed E-state index contributed by atoms with van der Waals surface area (Å²) >= 11 is 6.98. The summed E-state index contributed by atoms with van der Waals surface area (Å²) < 4.78 is 5.53. The maximum Gasteiger partial charge on any atom is 0.261 e. The van der Waals surface area contributed by atoms with Gasteiger partial charge in [0, 0.05) is 13.2 Å². The van der Waals surface area contributed by atoms with E-state index in [1.807, 2.05) is 6.92 Å². The van der Waals surface area contributed by atoms with Crippen LogP contribution in [0.15, 0.2) is 12.1 Å². The lowest BCUT2D eigenvalue weighted by Gasteiger charge is -2.11. The number of carbonyl (C=O) groups is 1.